The van der Waals surface area contributed by atoms with Crippen molar-refractivity contribution in [3.05, 3.63) is 29.8 Å². The fourth-order valence-electron chi connectivity index (χ4n) is 4.25. The van der Waals surface area contributed by atoms with Crippen molar-refractivity contribution in [1.82, 2.24) is 9.62 Å². The fraction of sp³-hybridized carbons (Fsp3) is 0.650. The van der Waals surface area contributed by atoms with Crippen LogP contribution in [0.4, 0.5) is 18.9 Å². The molecule has 1 aliphatic heterocycles. The zero-order chi connectivity index (χ0) is 21.9. The largest absolute Gasteiger partial charge is 0.393 e. The van der Waals surface area contributed by atoms with Crippen molar-refractivity contribution in [2.24, 2.45) is 5.92 Å². The van der Waals surface area contributed by atoms with E-state index in [0.29, 0.717) is 25.9 Å². The number of carbonyl (C=O) groups excluding carboxylic acids is 1. The molecule has 10 heteroatoms. The number of hydrogen-bond acceptors (Lipinski definition) is 4. The predicted molar refractivity (Wildman–Crippen MR) is 109 cm³/mol. The predicted octanol–water partition coefficient (Wildman–Crippen LogP) is 2.68. The number of alkyl halides is 3. The highest BCUT2D eigenvalue weighted by atomic mass is 32.2. The molecule has 1 N–H and O–H groups in total. The molecule has 1 amide bonds. The Kier molecular flexibility index (Phi) is 6.96. The van der Waals surface area contributed by atoms with Crippen molar-refractivity contribution in [1.29, 1.82) is 0 Å². The molecule has 30 heavy (non-hydrogen) atoms. The van der Waals surface area contributed by atoms with Gasteiger partial charge in [0.05, 0.1) is 5.92 Å². The van der Waals surface area contributed by atoms with E-state index < -0.39 is 39.8 Å². The van der Waals surface area contributed by atoms with E-state index in [0.717, 1.165) is 11.3 Å². The highest BCUT2D eigenvalue weighted by Crippen LogP contribution is 2.37. The molecule has 2 atom stereocenters. The second kappa shape index (κ2) is 9.13. The number of sulfonamides is 1. The number of nitrogens with zero attached hydrogens (tertiary/aromatic N) is 2. The highest BCUT2D eigenvalue weighted by Gasteiger charge is 2.46. The van der Waals surface area contributed by atoms with Crippen LogP contribution in [0.5, 0.6) is 0 Å². The van der Waals surface area contributed by atoms with E-state index in [9.17, 15) is 26.4 Å². The summed E-state index contributed by atoms with van der Waals surface area (Å²) in [4.78, 5) is 14.3. The van der Waals surface area contributed by atoms with E-state index in [-0.39, 0.29) is 25.9 Å². The lowest BCUT2D eigenvalue weighted by atomic mass is 9.84. The minimum Gasteiger partial charge on any atom is -0.369 e. The van der Waals surface area contributed by atoms with E-state index >= 15 is 0 Å². The number of hydrogen-bond donors (Lipinski definition) is 1. The lowest BCUT2D eigenvalue weighted by molar-refractivity contribution is -0.189. The third kappa shape index (κ3) is 5.66. The van der Waals surface area contributed by atoms with E-state index in [1.54, 1.807) is 0 Å². The Hall–Kier alpha value is -1.81. The highest BCUT2D eigenvalue weighted by molar-refractivity contribution is 7.89. The van der Waals surface area contributed by atoms with Gasteiger partial charge in [-0.1, -0.05) is 25.0 Å². The Labute approximate surface area is 175 Å². The maximum Gasteiger partial charge on any atom is 0.393 e. The number of aryl methyl sites for hydroxylation is 1. The zero-order valence-electron chi connectivity index (χ0n) is 17.0. The van der Waals surface area contributed by atoms with Crippen LogP contribution in [-0.4, -0.2) is 62.8 Å². The molecule has 2 fully saturated rings. The van der Waals surface area contributed by atoms with Crippen molar-refractivity contribution in [2.75, 3.05) is 36.8 Å². The van der Waals surface area contributed by atoms with Gasteiger partial charge in [0.15, 0.2) is 0 Å². The summed E-state index contributed by atoms with van der Waals surface area (Å²) >= 11 is 0. The Morgan fingerprint density at radius 1 is 1.13 bits per heavy atom. The number of rotatable bonds is 5. The van der Waals surface area contributed by atoms with Gasteiger partial charge in [0.1, 0.15) is 5.75 Å². The van der Waals surface area contributed by atoms with Crippen LogP contribution in [0.15, 0.2) is 24.3 Å². The third-order valence-corrected chi connectivity index (χ3v) is 7.62. The van der Waals surface area contributed by atoms with Gasteiger partial charge in [-0.05, 0) is 37.5 Å². The molecule has 1 aliphatic carbocycles. The van der Waals surface area contributed by atoms with Gasteiger partial charge in [-0.2, -0.15) is 17.5 Å². The number of carbonyl (C=O) groups is 1. The monoisotopic (exact) mass is 447 g/mol. The van der Waals surface area contributed by atoms with Crippen LogP contribution in [0.1, 0.15) is 31.2 Å². The topological polar surface area (TPSA) is 69.7 Å². The first-order chi connectivity index (χ1) is 14.1. The second-order valence-corrected chi connectivity index (χ2v) is 10.1. The van der Waals surface area contributed by atoms with Crippen LogP contribution in [0.2, 0.25) is 0 Å². The molecule has 0 bridgehead atoms. The number of halogens is 3. The molecule has 2 unspecified atom stereocenters. The van der Waals surface area contributed by atoms with Crippen molar-refractivity contribution >= 4 is 21.6 Å². The summed E-state index contributed by atoms with van der Waals surface area (Å²) in [5.41, 5.74) is 2.12. The van der Waals surface area contributed by atoms with Gasteiger partial charge in [0.2, 0.25) is 15.9 Å². The Bertz CT molecular complexity index is 852. The Morgan fingerprint density at radius 3 is 2.43 bits per heavy atom. The summed E-state index contributed by atoms with van der Waals surface area (Å²) in [6.07, 6.45) is -3.18. The number of piperazine rings is 1. The van der Waals surface area contributed by atoms with Crippen LogP contribution in [0, 0.1) is 12.8 Å². The maximum absolute atomic E-state index is 13.2. The fourth-order valence-corrected chi connectivity index (χ4v) is 5.57. The maximum atomic E-state index is 13.2. The normalized spacial score (nSPS) is 23.9. The number of anilines is 1. The molecule has 0 spiro atoms. The Balaban J connectivity index is 1.55. The van der Waals surface area contributed by atoms with Crippen LogP contribution in [0.3, 0.4) is 0 Å². The number of benzene rings is 1. The smallest absolute Gasteiger partial charge is 0.369 e. The third-order valence-electron chi connectivity index (χ3n) is 5.85. The molecule has 1 aromatic rings. The summed E-state index contributed by atoms with van der Waals surface area (Å²) in [5, 5.41) is 2.34. The molecule has 1 aromatic carbocycles. The molecule has 1 saturated heterocycles. The first-order valence-corrected chi connectivity index (χ1v) is 11.8. The molecule has 0 aromatic heterocycles. The van der Waals surface area contributed by atoms with E-state index in [1.165, 1.54) is 4.31 Å². The molecule has 168 valence electrons. The van der Waals surface area contributed by atoms with Crippen molar-refractivity contribution < 1.29 is 26.4 Å². The van der Waals surface area contributed by atoms with Gasteiger partial charge in [-0.3, -0.25) is 4.79 Å². The van der Waals surface area contributed by atoms with Gasteiger partial charge in [-0.15, -0.1) is 0 Å². The first-order valence-electron chi connectivity index (χ1n) is 10.2. The van der Waals surface area contributed by atoms with Gasteiger partial charge < -0.3 is 10.2 Å². The second-order valence-electron chi connectivity index (χ2n) is 8.09. The van der Waals surface area contributed by atoms with Crippen molar-refractivity contribution in [2.45, 2.75) is 44.8 Å². The molecule has 3 rings (SSSR count). The summed E-state index contributed by atoms with van der Waals surface area (Å²) in [7, 11) is -3.89. The quantitative estimate of drug-likeness (QED) is 0.754. The molecule has 1 heterocycles. The molecule has 0 radical (unpaired) electrons. The minimum atomic E-state index is -4.40. The molecule has 6 nitrogen and oxygen atoms in total. The lowest BCUT2D eigenvalue weighted by Gasteiger charge is -2.36. The average molecular weight is 448 g/mol. The van der Waals surface area contributed by atoms with Crippen LogP contribution in [0.25, 0.3) is 0 Å². The van der Waals surface area contributed by atoms with E-state index in [1.807, 2.05) is 31.2 Å². The molecular weight excluding hydrogens is 419 g/mol. The number of amides is 1. The van der Waals surface area contributed by atoms with Crippen LogP contribution < -0.4 is 10.2 Å². The van der Waals surface area contributed by atoms with Crippen molar-refractivity contribution in [3.8, 4) is 0 Å². The van der Waals surface area contributed by atoms with E-state index in [2.05, 4.69) is 10.2 Å². The van der Waals surface area contributed by atoms with Gasteiger partial charge in [0.25, 0.3) is 0 Å². The van der Waals surface area contributed by atoms with Gasteiger partial charge >= 0.3 is 6.18 Å². The summed E-state index contributed by atoms with van der Waals surface area (Å²) in [6.45, 7) is 3.43. The minimum absolute atomic E-state index is 0.0396. The zero-order valence-corrected chi connectivity index (χ0v) is 17.8. The molecule has 2 aliphatic rings. The van der Waals surface area contributed by atoms with Crippen LogP contribution >= 0.6 is 0 Å². The van der Waals surface area contributed by atoms with Crippen LogP contribution in [-0.2, 0) is 14.8 Å². The molecule has 1 saturated carbocycles. The van der Waals surface area contributed by atoms with Gasteiger partial charge in [0, 0.05) is 37.9 Å². The summed E-state index contributed by atoms with van der Waals surface area (Å²) in [6, 6.07) is 6.86. The SMILES string of the molecule is Cc1cccc(N2CCN(S(=O)(=O)CC(=O)NC3CCCCC3C(F)(F)F)CC2)c1. The number of nitrogens with one attached hydrogen (secondary N) is 1. The van der Waals surface area contributed by atoms with E-state index in [4.69, 9.17) is 0 Å². The van der Waals surface area contributed by atoms with Gasteiger partial charge in [-0.25, -0.2) is 8.42 Å². The summed E-state index contributed by atoms with van der Waals surface area (Å²) in [5.74, 6) is -3.30. The first kappa shape index (κ1) is 22.9. The average Bonchev–Trinajstić information content (AvgIpc) is 2.67. The van der Waals surface area contributed by atoms with Crippen molar-refractivity contribution in [3.63, 3.8) is 0 Å². The Morgan fingerprint density at radius 2 is 1.80 bits per heavy atom. The molecular formula is C20H28F3N3O3S. The summed E-state index contributed by atoms with van der Waals surface area (Å²) < 4.78 is 66.1. The lowest BCUT2D eigenvalue weighted by Crippen LogP contribution is -2.52. The standard InChI is InChI=1S/C20H28F3N3O3S/c1-15-5-4-6-16(13-15)25-9-11-26(12-10-25)30(28,29)14-19(27)24-18-8-3-2-7-17(18)20(21,22)23/h4-6,13,17-18H,2-3,7-12,14H2,1H3,(H,24,27).